The van der Waals surface area contributed by atoms with E-state index in [-0.39, 0.29) is 5.91 Å². The van der Waals surface area contributed by atoms with E-state index in [4.69, 9.17) is 5.21 Å². The lowest BCUT2D eigenvalue weighted by Crippen LogP contribution is -2.33. The zero-order valence-electron chi connectivity index (χ0n) is 7.22. The summed E-state index contributed by atoms with van der Waals surface area (Å²) in [6.45, 7) is 5.47. The van der Waals surface area contributed by atoms with E-state index in [2.05, 4.69) is 0 Å². The number of amides is 1. The van der Waals surface area contributed by atoms with E-state index in [0.29, 0.717) is 0 Å². The van der Waals surface area contributed by atoms with Gasteiger partial charge < -0.3 is 0 Å². The Labute approximate surface area is 67.1 Å². The van der Waals surface area contributed by atoms with Gasteiger partial charge in [0.15, 0.2) is 0 Å². The molecule has 64 valence electrons. The molecule has 0 heterocycles. The maximum absolute atomic E-state index is 10.9. The van der Waals surface area contributed by atoms with Crippen LogP contribution < -0.4 is 5.48 Å². The van der Waals surface area contributed by atoms with Gasteiger partial charge in [-0.3, -0.25) is 10.0 Å². The van der Waals surface area contributed by atoms with Crippen molar-refractivity contribution in [3.63, 3.8) is 0 Å². The van der Waals surface area contributed by atoms with Crippen molar-refractivity contribution >= 4 is 5.91 Å². The summed E-state index contributed by atoms with van der Waals surface area (Å²) in [4.78, 5) is 10.9. The Kier molecular flexibility index (Phi) is 3.82. The molecule has 0 fully saturated rings. The number of allylic oxidation sites excluding steroid dienone is 1. The van der Waals surface area contributed by atoms with Crippen molar-refractivity contribution in [2.24, 2.45) is 5.41 Å². The van der Waals surface area contributed by atoms with Crippen LogP contribution in [0.5, 0.6) is 0 Å². The minimum atomic E-state index is -0.620. The number of hydrogen-bond donors (Lipinski definition) is 2. The number of carbonyl (C=O) groups excluding carboxylic acids is 1. The van der Waals surface area contributed by atoms with Crippen LogP contribution >= 0.6 is 0 Å². The van der Waals surface area contributed by atoms with Crippen molar-refractivity contribution < 1.29 is 10.0 Å². The zero-order valence-corrected chi connectivity index (χ0v) is 7.22. The summed E-state index contributed by atoms with van der Waals surface area (Å²) < 4.78 is 0. The molecule has 0 saturated heterocycles. The lowest BCUT2D eigenvalue weighted by atomic mass is 9.92. The number of nitrogens with one attached hydrogen (secondary N) is 1. The third kappa shape index (κ3) is 3.18. The van der Waals surface area contributed by atoms with E-state index < -0.39 is 5.41 Å². The zero-order chi connectivity index (χ0) is 8.91. The lowest BCUT2D eigenvalue weighted by Gasteiger charge is -2.16. The van der Waals surface area contributed by atoms with Crippen LogP contribution in [0.15, 0.2) is 12.2 Å². The van der Waals surface area contributed by atoms with Crippen molar-refractivity contribution in [3.8, 4) is 0 Å². The SMILES string of the molecule is CC/C=C/C(C)(C)C(=O)NO. The fourth-order valence-corrected chi connectivity index (χ4v) is 0.632. The average molecular weight is 157 g/mol. The topological polar surface area (TPSA) is 49.3 Å². The second-order valence-electron chi connectivity index (χ2n) is 2.97. The summed E-state index contributed by atoms with van der Waals surface area (Å²) in [5, 5.41) is 8.34. The minimum absolute atomic E-state index is 0.387. The summed E-state index contributed by atoms with van der Waals surface area (Å²) in [6, 6.07) is 0. The molecule has 0 saturated carbocycles. The van der Waals surface area contributed by atoms with Crippen LogP contribution in [0.2, 0.25) is 0 Å². The Morgan fingerprint density at radius 2 is 2.18 bits per heavy atom. The lowest BCUT2D eigenvalue weighted by molar-refractivity contribution is -0.135. The smallest absolute Gasteiger partial charge is 0.252 e. The molecule has 11 heavy (non-hydrogen) atoms. The summed E-state index contributed by atoms with van der Waals surface area (Å²) in [5.74, 6) is -0.387. The molecule has 2 N–H and O–H groups in total. The van der Waals surface area contributed by atoms with Gasteiger partial charge in [-0.1, -0.05) is 19.1 Å². The van der Waals surface area contributed by atoms with Crippen molar-refractivity contribution in [2.75, 3.05) is 0 Å². The van der Waals surface area contributed by atoms with Gasteiger partial charge >= 0.3 is 0 Å². The molecule has 0 aromatic heterocycles. The molecule has 0 atom stereocenters. The van der Waals surface area contributed by atoms with E-state index >= 15 is 0 Å². The first-order valence-corrected chi connectivity index (χ1v) is 3.67. The van der Waals surface area contributed by atoms with Crippen LogP contribution in [0, 0.1) is 5.41 Å². The molecule has 1 amide bonds. The molecule has 3 heteroatoms. The number of carbonyl (C=O) groups is 1. The number of rotatable bonds is 3. The summed E-state index contributed by atoms with van der Waals surface area (Å²) in [5.41, 5.74) is 1.00. The highest BCUT2D eigenvalue weighted by Crippen LogP contribution is 2.16. The van der Waals surface area contributed by atoms with E-state index in [1.54, 1.807) is 25.4 Å². The maximum Gasteiger partial charge on any atom is 0.252 e. The van der Waals surface area contributed by atoms with Gasteiger partial charge in [-0.25, -0.2) is 5.48 Å². The monoisotopic (exact) mass is 157 g/mol. The summed E-state index contributed by atoms with van der Waals surface area (Å²) >= 11 is 0. The van der Waals surface area contributed by atoms with Crippen LogP contribution in [0.1, 0.15) is 27.2 Å². The summed E-state index contributed by atoms with van der Waals surface area (Å²) in [6.07, 6.45) is 4.57. The highest BCUT2D eigenvalue weighted by molar-refractivity contribution is 5.82. The number of hydrogen-bond acceptors (Lipinski definition) is 2. The van der Waals surface area contributed by atoms with Crippen molar-refractivity contribution in [3.05, 3.63) is 12.2 Å². The maximum atomic E-state index is 10.9. The van der Waals surface area contributed by atoms with Gasteiger partial charge in [-0.05, 0) is 20.3 Å². The van der Waals surface area contributed by atoms with Crippen molar-refractivity contribution in [1.29, 1.82) is 0 Å². The van der Waals surface area contributed by atoms with E-state index in [0.717, 1.165) is 6.42 Å². The van der Waals surface area contributed by atoms with Gasteiger partial charge in [0.2, 0.25) is 0 Å². The van der Waals surface area contributed by atoms with E-state index in [1.807, 2.05) is 13.0 Å². The summed E-state index contributed by atoms with van der Waals surface area (Å²) in [7, 11) is 0. The van der Waals surface area contributed by atoms with Crippen molar-refractivity contribution in [2.45, 2.75) is 27.2 Å². The van der Waals surface area contributed by atoms with Crippen LogP contribution in [0.25, 0.3) is 0 Å². The van der Waals surface area contributed by atoms with E-state index in [1.165, 1.54) is 0 Å². The highest BCUT2D eigenvalue weighted by Gasteiger charge is 2.23. The molecule has 3 nitrogen and oxygen atoms in total. The second-order valence-corrected chi connectivity index (χ2v) is 2.97. The molecular formula is C8H15NO2. The molecule has 0 unspecified atom stereocenters. The Morgan fingerprint density at radius 1 is 1.64 bits per heavy atom. The Hall–Kier alpha value is -0.830. The molecule has 0 aromatic carbocycles. The third-order valence-corrected chi connectivity index (χ3v) is 1.46. The van der Waals surface area contributed by atoms with Gasteiger partial charge in [-0.15, -0.1) is 0 Å². The predicted octanol–water partition coefficient (Wildman–Crippen LogP) is 1.48. The van der Waals surface area contributed by atoms with E-state index in [9.17, 15) is 4.79 Å². The molecule has 0 aliphatic rings. The molecule has 0 radical (unpaired) electrons. The Bertz CT molecular complexity index is 161. The fraction of sp³-hybridized carbons (Fsp3) is 0.625. The minimum Gasteiger partial charge on any atom is -0.289 e. The largest absolute Gasteiger partial charge is 0.289 e. The third-order valence-electron chi connectivity index (χ3n) is 1.46. The molecule has 0 aliphatic carbocycles. The number of hydroxylamine groups is 1. The first kappa shape index (κ1) is 10.2. The standard InChI is InChI=1S/C8H15NO2/c1-4-5-6-8(2,3)7(10)9-11/h5-6,11H,4H2,1-3H3,(H,9,10)/b6-5+. The molecule has 0 bridgehead atoms. The van der Waals surface area contributed by atoms with Crippen LogP contribution in [0.3, 0.4) is 0 Å². The first-order valence-electron chi connectivity index (χ1n) is 3.67. The molecule has 0 spiro atoms. The van der Waals surface area contributed by atoms with Crippen LogP contribution in [0.4, 0.5) is 0 Å². The Morgan fingerprint density at radius 3 is 2.55 bits per heavy atom. The molecule has 0 aromatic rings. The molecule has 0 rings (SSSR count). The average Bonchev–Trinajstić information content (AvgIpc) is 1.99. The quantitative estimate of drug-likeness (QED) is 0.370. The van der Waals surface area contributed by atoms with Crippen molar-refractivity contribution in [1.82, 2.24) is 5.48 Å². The van der Waals surface area contributed by atoms with Crippen LogP contribution in [-0.2, 0) is 4.79 Å². The molecular weight excluding hydrogens is 142 g/mol. The molecule has 0 aliphatic heterocycles. The van der Waals surface area contributed by atoms with Gasteiger partial charge in [0, 0.05) is 0 Å². The second kappa shape index (κ2) is 4.13. The van der Waals surface area contributed by atoms with Crippen LogP contribution in [-0.4, -0.2) is 11.1 Å². The predicted molar refractivity (Wildman–Crippen MR) is 43.1 cm³/mol. The van der Waals surface area contributed by atoms with Gasteiger partial charge in [0.25, 0.3) is 5.91 Å². The van der Waals surface area contributed by atoms with Gasteiger partial charge in [0.05, 0.1) is 5.41 Å². The highest BCUT2D eigenvalue weighted by atomic mass is 16.5. The first-order chi connectivity index (χ1) is 5.04. The Balaban J connectivity index is 4.20. The van der Waals surface area contributed by atoms with Gasteiger partial charge in [-0.2, -0.15) is 0 Å². The normalized spacial score (nSPS) is 12.0. The van der Waals surface area contributed by atoms with Gasteiger partial charge in [0.1, 0.15) is 0 Å². The fourth-order valence-electron chi connectivity index (χ4n) is 0.632.